The summed E-state index contributed by atoms with van der Waals surface area (Å²) in [6.07, 6.45) is 6.36. The number of anilines is 1. The summed E-state index contributed by atoms with van der Waals surface area (Å²) in [4.78, 5) is 31.6. The van der Waals surface area contributed by atoms with Crippen molar-refractivity contribution in [2.75, 3.05) is 37.2 Å². The molecule has 0 aliphatic carbocycles. The van der Waals surface area contributed by atoms with Crippen molar-refractivity contribution in [1.29, 1.82) is 0 Å². The van der Waals surface area contributed by atoms with Crippen molar-refractivity contribution in [2.45, 2.75) is 18.9 Å². The van der Waals surface area contributed by atoms with Gasteiger partial charge in [0.2, 0.25) is 10.0 Å². The van der Waals surface area contributed by atoms with Gasteiger partial charge in [-0.1, -0.05) is 35.4 Å². The fraction of sp³-hybridized carbons (Fsp3) is 0.308. The molecule has 0 bridgehead atoms. The molecule has 1 atom stereocenters. The van der Waals surface area contributed by atoms with Gasteiger partial charge in [0.05, 0.1) is 38.9 Å². The zero-order valence-electron chi connectivity index (χ0n) is 20.8. The first-order valence-corrected chi connectivity index (χ1v) is 14.9. The third kappa shape index (κ3) is 5.19. The molecule has 0 radical (unpaired) electrons. The van der Waals surface area contributed by atoms with Crippen LogP contribution in [-0.2, 0) is 10.0 Å². The molecule has 13 heteroatoms. The summed E-state index contributed by atoms with van der Waals surface area (Å²) in [6, 6.07) is 8.35. The van der Waals surface area contributed by atoms with Crippen molar-refractivity contribution in [3.63, 3.8) is 0 Å². The van der Waals surface area contributed by atoms with Crippen LogP contribution in [0.5, 0.6) is 0 Å². The summed E-state index contributed by atoms with van der Waals surface area (Å²) in [6.45, 7) is 1.91. The Morgan fingerprint density at radius 3 is 2.69 bits per heavy atom. The minimum Gasteiger partial charge on any atom is -0.359 e. The standard InChI is InChI=1S/C26H25Cl2N7O3S/c27-16-4-5-20-23(12-16)33-25(31-20)21(6-10-35-9-3-11-39(35,37)38)32-24-18-13-19(28)17(14-22(18)29-15-30-24)26(36)34-7-1-2-8-34/h1-2,4-5,12-15,21H,3,6-11H2,(H,31,33)(H,29,30,32)/t21-/m0/s1. The molecule has 1 amide bonds. The van der Waals surface area contributed by atoms with Crippen LogP contribution in [0.3, 0.4) is 0 Å². The van der Waals surface area contributed by atoms with E-state index >= 15 is 0 Å². The number of H-pyrrole nitrogens is 1. The average Bonchev–Trinajstić information content (AvgIpc) is 3.66. The molecule has 2 aliphatic rings. The van der Waals surface area contributed by atoms with Gasteiger partial charge in [0.1, 0.15) is 18.0 Å². The molecule has 202 valence electrons. The highest BCUT2D eigenvalue weighted by Crippen LogP contribution is 2.31. The van der Waals surface area contributed by atoms with E-state index in [1.165, 1.54) is 10.6 Å². The molecular weight excluding hydrogens is 561 g/mol. The number of aromatic nitrogens is 4. The number of halogens is 2. The van der Waals surface area contributed by atoms with Crippen LogP contribution in [-0.4, -0.2) is 75.4 Å². The van der Waals surface area contributed by atoms with Gasteiger partial charge in [-0.3, -0.25) is 4.79 Å². The maximum atomic E-state index is 13.0. The van der Waals surface area contributed by atoms with Gasteiger partial charge >= 0.3 is 0 Å². The van der Waals surface area contributed by atoms with Gasteiger partial charge in [0, 0.05) is 36.6 Å². The first kappa shape index (κ1) is 26.0. The number of hydrogen-bond acceptors (Lipinski definition) is 7. The molecule has 1 saturated heterocycles. The quantitative estimate of drug-likeness (QED) is 0.308. The highest BCUT2D eigenvalue weighted by atomic mass is 35.5. The maximum absolute atomic E-state index is 13.0. The van der Waals surface area contributed by atoms with Gasteiger partial charge in [-0.2, -0.15) is 0 Å². The Labute approximate surface area is 235 Å². The Balaban J connectivity index is 1.34. The zero-order valence-corrected chi connectivity index (χ0v) is 23.1. The Morgan fingerprint density at radius 1 is 1.10 bits per heavy atom. The minimum atomic E-state index is -3.25. The van der Waals surface area contributed by atoms with Crippen LogP contribution in [0.25, 0.3) is 21.9 Å². The fourth-order valence-corrected chi connectivity index (χ4v) is 6.95. The second-order valence-corrected chi connectivity index (χ2v) is 12.5. The second kappa shape index (κ2) is 10.4. The van der Waals surface area contributed by atoms with E-state index in [2.05, 4.69) is 20.3 Å². The lowest BCUT2D eigenvalue weighted by Gasteiger charge is -2.22. The first-order chi connectivity index (χ1) is 18.8. The number of sulfonamides is 1. The van der Waals surface area contributed by atoms with Crippen molar-refractivity contribution >= 4 is 66.9 Å². The van der Waals surface area contributed by atoms with Crippen LogP contribution >= 0.6 is 23.2 Å². The van der Waals surface area contributed by atoms with Gasteiger partial charge in [0.15, 0.2) is 0 Å². The molecule has 6 rings (SSSR count). The number of amides is 1. The van der Waals surface area contributed by atoms with E-state index in [1.54, 1.807) is 29.2 Å². The average molecular weight is 587 g/mol. The van der Waals surface area contributed by atoms with E-state index in [-0.39, 0.29) is 11.7 Å². The van der Waals surface area contributed by atoms with Crippen molar-refractivity contribution < 1.29 is 13.2 Å². The summed E-state index contributed by atoms with van der Waals surface area (Å²) < 4.78 is 26.4. The summed E-state index contributed by atoms with van der Waals surface area (Å²) in [5.41, 5.74) is 2.45. The van der Waals surface area contributed by atoms with Crippen molar-refractivity contribution in [3.05, 3.63) is 70.2 Å². The zero-order chi connectivity index (χ0) is 27.1. The molecule has 2 aromatic carbocycles. The number of imidazole rings is 1. The normalized spacial score (nSPS) is 17.8. The van der Waals surface area contributed by atoms with Crippen molar-refractivity contribution in [2.24, 2.45) is 0 Å². The van der Waals surface area contributed by atoms with E-state index < -0.39 is 16.1 Å². The largest absolute Gasteiger partial charge is 0.359 e. The molecule has 2 aromatic heterocycles. The Kier molecular flexibility index (Phi) is 6.92. The van der Waals surface area contributed by atoms with Crippen LogP contribution in [0.4, 0.5) is 5.82 Å². The van der Waals surface area contributed by atoms with Crippen LogP contribution in [0.1, 0.15) is 35.1 Å². The molecule has 0 unspecified atom stereocenters. The van der Waals surface area contributed by atoms with Gasteiger partial charge < -0.3 is 15.2 Å². The SMILES string of the molecule is O=C(c1cc2ncnc(N[C@@H](CCN3CCCS3(=O)=O)c3nc4ccc(Cl)cc4[nH]3)c2cc1Cl)N1CC=CC1. The number of hydrogen-bond donors (Lipinski definition) is 2. The van der Waals surface area contributed by atoms with E-state index in [0.717, 1.165) is 11.0 Å². The molecule has 4 heterocycles. The Morgan fingerprint density at radius 2 is 1.92 bits per heavy atom. The molecule has 2 N–H and O–H groups in total. The van der Waals surface area contributed by atoms with Crippen LogP contribution in [0.15, 0.2) is 48.8 Å². The number of nitrogens with one attached hydrogen (secondary N) is 2. The predicted molar refractivity (Wildman–Crippen MR) is 152 cm³/mol. The molecular formula is C26H25Cl2N7O3S. The van der Waals surface area contributed by atoms with Crippen LogP contribution < -0.4 is 5.32 Å². The van der Waals surface area contributed by atoms with Crippen LogP contribution in [0, 0.1) is 0 Å². The van der Waals surface area contributed by atoms with E-state index in [9.17, 15) is 13.2 Å². The first-order valence-electron chi connectivity index (χ1n) is 12.6. The van der Waals surface area contributed by atoms with E-state index in [4.69, 9.17) is 28.2 Å². The van der Waals surface area contributed by atoms with E-state index in [0.29, 0.717) is 77.2 Å². The number of aromatic amines is 1. The number of fused-ring (bicyclic) bond motifs is 2. The van der Waals surface area contributed by atoms with Gasteiger partial charge in [0.25, 0.3) is 5.91 Å². The molecule has 0 spiro atoms. The third-order valence-electron chi connectivity index (χ3n) is 7.03. The molecule has 2 aliphatic heterocycles. The predicted octanol–water partition coefficient (Wildman–Crippen LogP) is 4.40. The maximum Gasteiger partial charge on any atom is 0.256 e. The number of carbonyl (C=O) groups is 1. The van der Waals surface area contributed by atoms with Gasteiger partial charge in [-0.05, 0) is 43.2 Å². The summed E-state index contributed by atoms with van der Waals surface area (Å²) >= 11 is 12.8. The monoisotopic (exact) mass is 585 g/mol. The summed E-state index contributed by atoms with van der Waals surface area (Å²) in [5.74, 6) is 1.12. The molecule has 39 heavy (non-hydrogen) atoms. The summed E-state index contributed by atoms with van der Waals surface area (Å²) in [7, 11) is -3.25. The van der Waals surface area contributed by atoms with E-state index in [1.807, 2.05) is 18.2 Å². The van der Waals surface area contributed by atoms with Crippen molar-refractivity contribution in [1.82, 2.24) is 29.1 Å². The van der Waals surface area contributed by atoms with Gasteiger partial charge in [-0.25, -0.2) is 27.7 Å². The Hall–Kier alpha value is -3.25. The number of rotatable bonds is 7. The lowest BCUT2D eigenvalue weighted by Crippen LogP contribution is -2.29. The number of carbonyl (C=O) groups excluding carboxylic acids is 1. The van der Waals surface area contributed by atoms with Crippen LogP contribution in [0.2, 0.25) is 10.0 Å². The molecule has 10 nitrogen and oxygen atoms in total. The topological polar surface area (TPSA) is 124 Å². The third-order valence-corrected chi connectivity index (χ3v) is 9.54. The molecule has 0 saturated carbocycles. The molecule has 4 aromatic rings. The lowest BCUT2D eigenvalue weighted by molar-refractivity contribution is 0.0800. The van der Waals surface area contributed by atoms with Gasteiger partial charge in [-0.15, -0.1) is 0 Å². The van der Waals surface area contributed by atoms with Crippen molar-refractivity contribution in [3.8, 4) is 0 Å². The number of benzene rings is 2. The Bertz CT molecular complexity index is 1720. The fourth-order valence-electron chi connectivity index (χ4n) is 4.99. The summed E-state index contributed by atoms with van der Waals surface area (Å²) in [5, 5.41) is 4.95. The highest BCUT2D eigenvalue weighted by molar-refractivity contribution is 7.89. The minimum absolute atomic E-state index is 0.161. The highest BCUT2D eigenvalue weighted by Gasteiger charge is 2.30. The smallest absolute Gasteiger partial charge is 0.256 e. The molecule has 1 fully saturated rings. The second-order valence-electron chi connectivity index (χ2n) is 9.59. The number of nitrogens with zero attached hydrogens (tertiary/aromatic N) is 5. The lowest BCUT2D eigenvalue weighted by atomic mass is 10.1.